The summed E-state index contributed by atoms with van der Waals surface area (Å²) in [6.07, 6.45) is 3.75. The molecule has 0 aliphatic rings. The lowest BCUT2D eigenvalue weighted by Crippen LogP contribution is -2.22. The molecule has 0 bridgehead atoms. The van der Waals surface area contributed by atoms with Crippen molar-refractivity contribution in [2.45, 2.75) is 26.2 Å². The smallest absolute Gasteiger partial charge is 0.122 e. The van der Waals surface area contributed by atoms with Crippen LogP contribution in [0.15, 0.2) is 18.2 Å². The molecular formula is C13H19Cl2NO. The molecule has 0 unspecified atom stereocenters. The Bertz CT molecular complexity index is 311. The first-order valence-electron chi connectivity index (χ1n) is 6.02. The van der Waals surface area contributed by atoms with Crippen LogP contribution in [0.3, 0.4) is 0 Å². The van der Waals surface area contributed by atoms with Crippen molar-refractivity contribution in [2.24, 2.45) is 0 Å². The minimum Gasteiger partial charge on any atom is -0.492 e. The second kappa shape index (κ2) is 8.62. The fourth-order valence-corrected chi connectivity index (χ4v) is 1.98. The predicted molar refractivity (Wildman–Crippen MR) is 74.4 cm³/mol. The summed E-state index contributed by atoms with van der Waals surface area (Å²) >= 11 is 11.7. The molecule has 96 valence electrons. The molecular weight excluding hydrogens is 257 g/mol. The molecule has 0 atom stereocenters. The van der Waals surface area contributed by atoms with Crippen LogP contribution >= 0.6 is 23.2 Å². The molecule has 0 aliphatic carbocycles. The molecule has 1 aromatic carbocycles. The summed E-state index contributed by atoms with van der Waals surface area (Å²) in [5, 5.41) is 4.53. The highest BCUT2D eigenvalue weighted by molar-refractivity contribution is 6.34. The lowest BCUT2D eigenvalue weighted by atomic mass is 10.2. The molecule has 2 nitrogen and oxygen atoms in total. The van der Waals surface area contributed by atoms with Gasteiger partial charge < -0.3 is 10.1 Å². The van der Waals surface area contributed by atoms with Crippen molar-refractivity contribution in [1.29, 1.82) is 0 Å². The van der Waals surface area contributed by atoms with Crippen molar-refractivity contribution in [3.8, 4) is 5.75 Å². The van der Waals surface area contributed by atoms with E-state index in [1.807, 2.05) is 0 Å². The second-order valence-corrected chi connectivity index (χ2v) is 4.78. The van der Waals surface area contributed by atoms with Gasteiger partial charge in [-0.1, -0.05) is 43.0 Å². The van der Waals surface area contributed by atoms with E-state index in [2.05, 4.69) is 12.2 Å². The maximum absolute atomic E-state index is 5.87. The van der Waals surface area contributed by atoms with E-state index in [1.165, 1.54) is 19.3 Å². The van der Waals surface area contributed by atoms with Gasteiger partial charge in [-0.2, -0.15) is 0 Å². The van der Waals surface area contributed by atoms with E-state index in [0.29, 0.717) is 16.7 Å². The van der Waals surface area contributed by atoms with Crippen molar-refractivity contribution in [3.63, 3.8) is 0 Å². The Morgan fingerprint density at radius 1 is 1.06 bits per heavy atom. The largest absolute Gasteiger partial charge is 0.492 e. The number of hydrogen-bond donors (Lipinski definition) is 1. The molecule has 0 saturated heterocycles. The lowest BCUT2D eigenvalue weighted by molar-refractivity contribution is 0.313. The van der Waals surface area contributed by atoms with Crippen LogP contribution in [0.2, 0.25) is 10.0 Å². The Hall–Kier alpha value is -0.440. The third-order valence-corrected chi connectivity index (χ3v) is 2.78. The van der Waals surface area contributed by atoms with Gasteiger partial charge in [-0.05, 0) is 31.2 Å². The zero-order valence-corrected chi connectivity index (χ0v) is 11.7. The average Bonchev–Trinajstić information content (AvgIpc) is 2.26. The summed E-state index contributed by atoms with van der Waals surface area (Å²) in [6, 6.07) is 5.23. The molecule has 17 heavy (non-hydrogen) atoms. The van der Waals surface area contributed by atoms with Gasteiger partial charge >= 0.3 is 0 Å². The minimum atomic E-state index is 0.600. The van der Waals surface area contributed by atoms with Crippen LogP contribution in [0.5, 0.6) is 5.75 Å². The van der Waals surface area contributed by atoms with Gasteiger partial charge in [0.05, 0.1) is 0 Å². The van der Waals surface area contributed by atoms with Crippen molar-refractivity contribution < 1.29 is 4.74 Å². The summed E-state index contributed by atoms with van der Waals surface area (Å²) in [5.74, 6) is 0.720. The Morgan fingerprint density at radius 3 is 2.41 bits per heavy atom. The maximum Gasteiger partial charge on any atom is 0.122 e. The van der Waals surface area contributed by atoms with Crippen molar-refractivity contribution in [1.82, 2.24) is 5.32 Å². The van der Waals surface area contributed by atoms with Crippen LogP contribution in [0, 0.1) is 0 Å². The van der Waals surface area contributed by atoms with Crippen molar-refractivity contribution in [3.05, 3.63) is 28.2 Å². The number of benzene rings is 1. The van der Waals surface area contributed by atoms with E-state index in [0.717, 1.165) is 18.8 Å². The summed E-state index contributed by atoms with van der Waals surface area (Å²) < 4.78 is 5.54. The van der Waals surface area contributed by atoms with Gasteiger partial charge in [0.15, 0.2) is 0 Å². The van der Waals surface area contributed by atoms with Crippen LogP contribution in [0.1, 0.15) is 26.2 Å². The third kappa shape index (κ3) is 6.77. The zero-order chi connectivity index (χ0) is 12.5. The van der Waals surface area contributed by atoms with Crippen molar-refractivity contribution in [2.75, 3.05) is 19.7 Å². The third-order valence-electron chi connectivity index (χ3n) is 2.34. The number of halogens is 2. The molecule has 0 aromatic heterocycles. The first-order valence-corrected chi connectivity index (χ1v) is 6.77. The Balaban J connectivity index is 2.13. The Labute approximate surface area is 113 Å². The number of hydrogen-bond acceptors (Lipinski definition) is 2. The van der Waals surface area contributed by atoms with Crippen LogP contribution in [-0.2, 0) is 0 Å². The Kier molecular flexibility index (Phi) is 7.41. The molecule has 0 radical (unpaired) electrons. The van der Waals surface area contributed by atoms with Gasteiger partial charge in [0.25, 0.3) is 0 Å². The fraction of sp³-hybridized carbons (Fsp3) is 0.538. The summed E-state index contributed by atoms with van der Waals surface area (Å²) in [7, 11) is 0. The fourth-order valence-electron chi connectivity index (χ4n) is 1.48. The van der Waals surface area contributed by atoms with Gasteiger partial charge in [-0.3, -0.25) is 0 Å². The molecule has 0 amide bonds. The van der Waals surface area contributed by atoms with E-state index in [1.54, 1.807) is 18.2 Å². The normalized spacial score (nSPS) is 10.5. The van der Waals surface area contributed by atoms with E-state index in [9.17, 15) is 0 Å². The minimum absolute atomic E-state index is 0.600. The molecule has 0 fully saturated rings. The topological polar surface area (TPSA) is 21.3 Å². The van der Waals surface area contributed by atoms with Crippen LogP contribution in [0.4, 0.5) is 0 Å². The first kappa shape index (κ1) is 14.6. The quantitative estimate of drug-likeness (QED) is 0.720. The van der Waals surface area contributed by atoms with Crippen molar-refractivity contribution >= 4 is 23.2 Å². The van der Waals surface area contributed by atoms with Gasteiger partial charge in [0.1, 0.15) is 12.4 Å². The van der Waals surface area contributed by atoms with E-state index < -0.39 is 0 Å². The SMILES string of the molecule is CCCCCNCCOc1cc(Cl)cc(Cl)c1. The summed E-state index contributed by atoms with van der Waals surface area (Å²) in [4.78, 5) is 0. The number of nitrogens with one attached hydrogen (secondary N) is 1. The van der Waals surface area contributed by atoms with E-state index in [-0.39, 0.29) is 0 Å². The van der Waals surface area contributed by atoms with Gasteiger partial charge in [0, 0.05) is 16.6 Å². The molecule has 1 aromatic rings. The lowest BCUT2D eigenvalue weighted by Gasteiger charge is -2.08. The zero-order valence-electron chi connectivity index (χ0n) is 10.1. The highest BCUT2D eigenvalue weighted by Gasteiger charge is 1.98. The second-order valence-electron chi connectivity index (χ2n) is 3.91. The molecule has 1 N–H and O–H groups in total. The molecule has 4 heteroatoms. The molecule has 0 heterocycles. The van der Waals surface area contributed by atoms with Gasteiger partial charge in [-0.15, -0.1) is 0 Å². The van der Waals surface area contributed by atoms with Crippen LogP contribution in [0.25, 0.3) is 0 Å². The number of unbranched alkanes of at least 4 members (excludes halogenated alkanes) is 2. The first-order chi connectivity index (χ1) is 8.22. The van der Waals surface area contributed by atoms with Gasteiger partial charge in [0.2, 0.25) is 0 Å². The molecule has 0 saturated carbocycles. The summed E-state index contributed by atoms with van der Waals surface area (Å²) in [6.45, 7) is 4.72. The van der Waals surface area contributed by atoms with Crippen LogP contribution < -0.4 is 10.1 Å². The Morgan fingerprint density at radius 2 is 1.76 bits per heavy atom. The predicted octanol–water partition coefficient (Wildman–Crippen LogP) is 4.15. The monoisotopic (exact) mass is 275 g/mol. The van der Waals surface area contributed by atoms with Crippen LogP contribution in [-0.4, -0.2) is 19.7 Å². The summed E-state index contributed by atoms with van der Waals surface area (Å²) in [5.41, 5.74) is 0. The number of rotatable bonds is 8. The van der Waals surface area contributed by atoms with E-state index >= 15 is 0 Å². The molecule has 0 spiro atoms. The standard InChI is InChI=1S/C13H19Cl2NO/c1-2-3-4-5-16-6-7-17-13-9-11(14)8-12(15)10-13/h8-10,16H,2-7H2,1H3. The highest BCUT2D eigenvalue weighted by Crippen LogP contribution is 2.23. The number of ether oxygens (including phenoxy) is 1. The van der Waals surface area contributed by atoms with Gasteiger partial charge in [-0.25, -0.2) is 0 Å². The highest BCUT2D eigenvalue weighted by atomic mass is 35.5. The molecule has 0 aliphatic heterocycles. The average molecular weight is 276 g/mol. The maximum atomic E-state index is 5.87. The molecule has 1 rings (SSSR count). The van der Waals surface area contributed by atoms with E-state index in [4.69, 9.17) is 27.9 Å².